The fourth-order valence-corrected chi connectivity index (χ4v) is 3.27. The number of primary sulfonamides is 1. The second-order valence-corrected chi connectivity index (χ2v) is 8.16. The number of carbonyl (C=O) groups excluding carboxylic acids is 1. The number of benzene rings is 3. The average Bonchev–Trinajstić information content (AvgIpc) is 2.68. The molecule has 0 heterocycles. The van der Waals surface area contributed by atoms with Gasteiger partial charge in [-0.1, -0.05) is 24.3 Å². The molecule has 0 spiro atoms. The van der Waals surface area contributed by atoms with Gasteiger partial charge in [0, 0.05) is 5.69 Å². The summed E-state index contributed by atoms with van der Waals surface area (Å²) in [4.78, 5) is 12.6. The molecule has 0 aliphatic carbocycles. The van der Waals surface area contributed by atoms with Crippen molar-refractivity contribution in [2.45, 2.75) is 18.0 Å². The van der Waals surface area contributed by atoms with E-state index in [-0.39, 0.29) is 21.9 Å². The highest BCUT2D eigenvalue weighted by molar-refractivity contribution is 7.89. The van der Waals surface area contributed by atoms with Gasteiger partial charge in [-0.05, 0) is 55.0 Å². The lowest BCUT2D eigenvalue weighted by atomic mass is 10.1. The van der Waals surface area contributed by atoms with Crippen LogP contribution >= 0.6 is 0 Å². The van der Waals surface area contributed by atoms with Crippen LogP contribution in [0.3, 0.4) is 0 Å². The third-order valence-electron chi connectivity index (χ3n) is 4.29. The molecule has 0 saturated carbocycles. The molecular formula is C21H17F3N2O4S. The Morgan fingerprint density at radius 3 is 2.32 bits per heavy atom. The number of nitrogens with one attached hydrogen (secondary N) is 1. The van der Waals surface area contributed by atoms with Crippen LogP contribution in [-0.2, 0) is 16.2 Å². The lowest BCUT2D eigenvalue weighted by Crippen LogP contribution is -2.16. The fourth-order valence-electron chi connectivity index (χ4n) is 2.71. The van der Waals surface area contributed by atoms with Crippen LogP contribution in [-0.4, -0.2) is 14.3 Å². The number of hydrogen-bond donors (Lipinski definition) is 2. The minimum absolute atomic E-state index is 0.0378. The molecule has 31 heavy (non-hydrogen) atoms. The van der Waals surface area contributed by atoms with E-state index in [1.54, 1.807) is 31.2 Å². The highest BCUT2D eigenvalue weighted by Gasteiger charge is 2.32. The highest BCUT2D eigenvalue weighted by atomic mass is 32.2. The standard InChI is InChI=1S/C21H17F3N2O4S/c1-13-5-2-3-8-18(13)30-19-10-9-14(21(22,23)24)11-17(19)20(27)26-15-6-4-7-16(12-15)31(25,28)29/h2-12H,1H3,(H,26,27)(H2,25,28,29). The van der Waals surface area contributed by atoms with E-state index in [1.165, 1.54) is 18.2 Å². The number of anilines is 1. The van der Waals surface area contributed by atoms with E-state index in [2.05, 4.69) is 5.32 Å². The van der Waals surface area contributed by atoms with Crippen LogP contribution in [0.5, 0.6) is 11.5 Å². The van der Waals surface area contributed by atoms with Crippen molar-refractivity contribution in [3.8, 4) is 11.5 Å². The molecule has 3 rings (SSSR count). The van der Waals surface area contributed by atoms with Gasteiger partial charge in [0.1, 0.15) is 11.5 Å². The van der Waals surface area contributed by atoms with Gasteiger partial charge < -0.3 is 10.1 Å². The molecule has 0 radical (unpaired) electrons. The number of sulfonamides is 1. The summed E-state index contributed by atoms with van der Waals surface area (Å²) in [5.41, 5.74) is -0.655. The molecule has 3 aromatic rings. The topological polar surface area (TPSA) is 98.5 Å². The fraction of sp³-hybridized carbons (Fsp3) is 0.0952. The lowest BCUT2D eigenvalue weighted by molar-refractivity contribution is -0.137. The predicted octanol–water partition coefficient (Wildman–Crippen LogP) is 4.71. The second-order valence-electron chi connectivity index (χ2n) is 6.60. The van der Waals surface area contributed by atoms with Crippen LogP contribution in [0.2, 0.25) is 0 Å². The Morgan fingerprint density at radius 1 is 0.968 bits per heavy atom. The zero-order chi connectivity index (χ0) is 22.8. The van der Waals surface area contributed by atoms with E-state index in [0.717, 1.165) is 23.8 Å². The summed E-state index contributed by atoms with van der Waals surface area (Å²) in [6.45, 7) is 1.75. The Hall–Kier alpha value is -3.37. The summed E-state index contributed by atoms with van der Waals surface area (Å²) < 4.78 is 68.3. The lowest BCUT2D eigenvalue weighted by Gasteiger charge is -2.15. The number of ether oxygens (including phenoxy) is 1. The Bertz CT molecular complexity index is 1240. The van der Waals surface area contributed by atoms with E-state index in [1.807, 2.05) is 0 Å². The first-order chi connectivity index (χ1) is 14.4. The molecule has 0 unspecified atom stereocenters. The minimum atomic E-state index is -4.68. The van der Waals surface area contributed by atoms with E-state index in [4.69, 9.17) is 9.88 Å². The van der Waals surface area contributed by atoms with Crippen molar-refractivity contribution in [2.75, 3.05) is 5.32 Å². The van der Waals surface area contributed by atoms with Crippen LogP contribution in [0.1, 0.15) is 21.5 Å². The first-order valence-corrected chi connectivity index (χ1v) is 10.4. The zero-order valence-electron chi connectivity index (χ0n) is 16.1. The van der Waals surface area contributed by atoms with Gasteiger partial charge >= 0.3 is 6.18 Å². The van der Waals surface area contributed by atoms with Gasteiger partial charge in [-0.25, -0.2) is 13.6 Å². The van der Waals surface area contributed by atoms with Crippen LogP contribution in [0.25, 0.3) is 0 Å². The van der Waals surface area contributed by atoms with Gasteiger partial charge in [0.15, 0.2) is 0 Å². The molecule has 162 valence electrons. The van der Waals surface area contributed by atoms with Crippen LogP contribution in [0.4, 0.5) is 18.9 Å². The number of aryl methyl sites for hydroxylation is 1. The first kappa shape index (κ1) is 22.3. The van der Waals surface area contributed by atoms with Crippen molar-refractivity contribution in [3.05, 3.63) is 83.4 Å². The number of para-hydroxylation sites is 1. The third kappa shape index (κ3) is 5.41. The molecule has 0 atom stereocenters. The maximum Gasteiger partial charge on any atom is 0.416 e. The van der Waals surface area contributed by atoms with Gasteiger partial charge in [0.25, 0.3) is 5.91 Å². The monoisotopic (exact) mass is 450 g/mol. The minimum Gasteiger partial charge on any atom is -0.456 e. The van der Waals surface area contributed by atoms with Crippen molar-refractivity contribution in [1.29, 1.82) is 0 Å². The molecule has 0 bridgehead atoms. The number of nitrogens with two attached hydrogens (primary N) is 1. The van der Waals surface area contributed by atoms with Crippen molar-refractivity contribution in [3.63, 3.8) is 0 Å². The summed E-state index contributed by atoms with van der Waals surface area (Å²) in [5.74, 6) is -0.642. The normalized spacial score (nSPS) is 11.8. The molecule has 10 heteroatoms. The molecule has 0 aliphatic rings. The highest BCUT2D eigenvalue weighted by Crippen LogP contribution is 2.35. The van der Waals surface area contributed by atoms with Crippen LogP contribution in [0.15, 0.2) is 71.6 Å². The smallest absolute Gasteiger partial charge is 0.416 e. The molecule has 3 N–H and O–H groups in total. The first-order valence-electron chi connectivity index (χ1n) is 8.84. The van der Waals surface area contributed by atoms with Crippen molar-refractivity contribution >= 4 is 21.6 Å². The average molecular weight is 450 g/mol. The number of carbonyl (C=O) groups is 1. The number of amides is 1. The summed E-state index contributed by atoms with van der Waals surface area (Å²) in [6, 6.07) is 14.4. The van der Waals surface area contributed by atoms with E-state index in [0.29, 0.717) is 11.8 Å². The molecule has 0 fully saturated rings. The van der Waals surface area contributed by atoms with Gasteiger partial charge in [0.2, 0.25) is 10.0 Å². The Kier molecular flexibility index (Phi) is 6.05. The second kappa shape index (κ2) is 8.40. The predicted molar refractivity (Wildman–Crippen MR) is 108 cm³/mol. The Balaban J connectivity index is 2.01. The third-order valence-corrected chi connectivity index (χ3v) is 5.20. The van der Waals surface area contributed by atoms with E-state index >= 15 is 0 Å². The molecule has 6 nitrogen and oxygen atoms in total. The Labute approximate surface area is 176 Å². The quantitative estimate of drug-likeness (QED) is 0.588. The number of alkyl halides is 3. The van der Waals surface area contributed by atoms with Gasteiger partial charge in [-0.2, -0.15) is 13.2 Å². The maximum atomic E-state index is 13.2. The van der Waals surface area contributed by atoms with Crippen molar-refractivity contribution in [1.82, 2.24) is 0 Å². The van der Waals surface area contributed by atoms with Crippen molar-refractivity contribution in [2.24, 2.45) is 5.14 Å². The number of hydrogen-bond acceptors (Lipinski definition) is 4. The van der Waals surface area contributed by atoms with Crippen LogP contribution in [0, 0.1) is 6.92 Å². The molecule has 3 aromatic carbocycles. The van der Waals surface area contributed by atoms with Gasteiger partial charge in [-0.3, -0.25) is 4.79 Å². The largest absolute Gasteiger partial charge is 0.456 e. The molecule has 0 saturated heterocycles. The summed E-state index contributed by atoms with van der Waals surface area (Å²) in [7, 11) is -4.03. The molecular weight excluding hydrogens is 433 g/mol. The maximum absolute atomic E-state index is 13.2. The van der Waals surface area contributed by atoms with Gasteiger partial charge in [0.05, 0.1) is 16.0 Å². The number of halogens is 3. The molecule has 0 aliphatic heterocycles. The van der Waals surface area contributed by atoms with E-state index < -0.39 is 27.7 Å². The van der Waals surface area contributed by atoms with Crippen LogP contribution < -0.4 is 15.2 Å². The molecule has 0 aromatic heterocycles. The van der Waals surface area contributed by atoms with E-state index in [9.17, 15) is 26.4 Å². The summed E-state index contributed by atoms with van der Waals surface area (Å²) >= 11 is 0. The van der Waals surface area contributed by atoms with Gasteiger partial charge in [-0.15, -0.1) is 0 Å². The number of rotatable bonds is 5. The SMILES string of the molecule is Cc1ccccc1Oc1ccc(C(F)(F)F)cc1C(=O)Nc1cccc(S(N)(=O)=O)c1. The summed E-state index contributed by atoms with van der Waals surface area (Å²) in [5, 5.41) is 7.46. The summed E-state index contributed by atoms with van der Waals surface area (Å²) in [6.07, 6.45) is -4.68. The molecule has 1 amide bonds. The zero-order valence-corrected chi connectivity index (χ0v) is 16.9. The van der Waals surface area contributed by atoms with Crippen molar-refractivity contribution < 1.29 is 31.1 Å². The Morgan fingerprint density at radius 2 is 1.68 bits per heavy atom.